The molecule has 1 atom stereocenters. The third-order valence-electron chi connectivity index (χ3n) is 6.51. The summed E-state index contributed by atoms with van der Waals surface area (Å²) in [5.74, 6) is 0.735. The molecule has 0 spiro atoms. The van der Waals surface area contributed by atoms with Crippen LogP contribution in [0.2, 0.25) is 0 Å². The Balaban J connectivity index is 1.82. The highest BCUT2D eigenvalue weighted by atomic mass is 32.1. The molecule has 1 heterocycles. The maximum atomic E-state index is 13.9. The zero-order valence-corrected chi connectivity index (χ0v) is 21.3. The van der Waals surface area contributed by atoms with Crippen LogP contribution < -0.4 is 19.7 Å². The zero-order chi connectivity index (χ0) is 24.8. The molecule has 1 fully saturated rings. The number of anilines is 1. The number of nitrogens with one attached hydrogen (secondary N) is 1. The molecule has 35 heavy (non-hydrogen) atoms. The number of rotatable bonds is 9. The van der Waals surface area contributed by atoms with E-state index in [0.29, 0.717) is 17.2 Å². The van der Waals surface area contributed by atoms with Gasteiger partial charge in [0.15, 0.2) is 11.5 Å². The van der Waals surface area contributed by atoms with Crippen LogP contribution >= 0.6 is 11.3 Å². The van der Waals surface area contributed by atoms with Gasteiger partial charge in [-0.1, -0.05) is 43.2 Å². The Morgan fingerprint density at radius 2 is 1.77 bits per heavy atom. The topological polar surface area (TPSA) is 67.9 Å². The monoisotopic (exact) mass is 492 g/mol. The highest BCUT2D eigenvalue weighted by Gasteiger charge is 2.35. The first-order valence-electron chi connectivity index (χ1n) is 11.9. The van der Waals surface area contributed by atoms with Crippen LogP contribution in [0.25, 0.3) is 0 Å². The quantitative estimate of drug-likeness (QED) is 0.431. The van der Waals surface area contributed by atoms with E-state index in [1.807, 2.05) is 54.8 Å². The van der Waals surface area contributed by atoms with Crippen molar-refractivity contribution in [3.63, 3.8) is 0 Å². The summed E-state index contributed by atoms with van der Waals surface area (Å²) in [5.41, 5.74) is 2.34. The average Bonchev–Trinajstić information content (AvgIpc) is 3.57. The average molecular weight is 493 g/mol. The fourth-order valence-electron chi connectivity index (χ4n) is 4.70. The molecule has 1 aliphatic carbocycles. The lowest BCUT2D eigenvalue weighted by atomic mass is 9.97. The molecule has 0 radical (unpaired) electrons. The van der Waals surface area contributed by atoms with Gasteiger partial charge in [0, 0.05) is 22.7 Å². The molecule has 2 aromatic carbocycles. The van der Waals surface area contributed by atoms with Crippen LogP contribution in [0.15, 0.2) is 60.0 Å². The Hall–Kier alpha value is -3.32. The number of thiophene rings is 1. The van der Waals surface area contributed by atoms with Crippen molar-refractivity contribution in [2.75, 3.05) is 19.1 Å². The fraction of sp³-hybridized carbons (Fsp3) is 0.357. The molecule has 2 amide bonds. The van der Waals surface area contributed by atoms with Gasteiger partial charge in [0.25, 0.3) is 0 Å². The van der Waals surface area contributed by atoms with Gasteiger partial charge in [-0.2, -0.15) is 0 Å². The Labute approximate surface area is 210 Å². The number of aryl methyl sites for hydroxylation is 1. The Kier molecular flexibility index (Phi) is 8.08. The van der Waals surface area contributed by atoms with Crippen molar-refractivity contribution in [3.8, 4) is 11.5 Å². The summed E-state index contributed by atoms with van der Waals surface area (Å²) in [6.45, 7) is 1.97. The molecule has 0 aliphatic heterocycles. The summed E-state index contributed by atoms with van der Waals surface area (Å²) in [5, 5.41) is 5.19. The van der Waals surface area contributed by atoms with E-state index in [9.17, 15) is 9.59 Å². The lowest BCUT2D eigenvalue weighted by Gasteiger charge is -2.33. The molecular weight excluding hydrogens is 460 g/mol. The second-order valence-corrected chi connectivity index (χ2v) is 9.84. The summed E-state index contributed by atoms with van der Waals surface area (Å²) in [6, 6.07) is 16.3. The maximum Gasteiger partial charge on any atom is 0.248 e. The number of hydrogen-bond donors (Lipinski definition) is 1. The van der Waals surface area contributed by atoms with E-state index in [1.165, 1.54) is 11.3 Å². The van der Waals surface area contributed by atoms with Gasteiger partial charge in [-0.3, -0.25) is 14.5 Å². The van der Waals surface area contributed by atoms with E-state index in [1.54, 1.807) is 31.3 Å². The largest absolute Gasteiger partial charge is 0.493 e. The van der Waals surface area contributed by atoms with E-state index in [-0.39, 0.29) is 24.3 Å². The number of ether oxygens (including phenoxy) is 2. The number of carbonyl (C=O) groups excluding carboxylic acids is 2. The van der Waals surface area contributed by atoms with E-state index in [0.717, 1.165) is 41.7 Å². The molecule has 6 nitrogen and oxygen atoms in total. The van der Waals surface area contributed by atoms with Crippen LogP contribution in [0, 0.1) is 6.92 Å². The highest BCUT2D eigenvalue weighted by molar-refractivity contribution is 7.10. The standard InChI is InChI=1S/C28H32N2O4S/c1-19-9-4-7-13-23(19)27(28(32)29-20-10-5-6-11-20)30(26(31)18-22-12-8-16-35-22)21-14-15-24(33-2)25(17-21)34-3/h4,7-9,12-17,20,27H,5-6,10-11,18H2,1-3H3,(H,29,32)/t27-/m0/s1. The molecule has 1 aromatic heterocycles. The minimum absolute atomic E-state index is 0.133. The predicted octanol–water partition coefficient (Wildman–Crippen LogP) is 5.45. The SMILES string of the molecule is COc1ccc(N(C(=O)Cc2cccs2)[C@H](C(=O)NC2CCCC2)c2ccccc2C)cc1OC. The molecule has 3 aromatic rings. The van der Waals surface area contributed by atoms with Gasteiger partial charge >= 0.3 is 0 Å². The van der Waals surface area contributed by atoms with Crippen molar-refractivity contribution in [2.45, 2.75) is 51.1 Å². The Bertz CT molecular complexity index is 1160. The van der Waals surface area contributed by atoms with Gasteiger partial charge in [-0.25, -0.2) is 0 Å². The van der Waals surface area contributed by atoms with E-state index < -0.39 is 6.04 Å². The van der Waals surface area contributed by atoms with Crippen molar-refractivity contribution in [3.05, 3.63) is 76.0 Å². The number of hydrogen-bond acceptors (Lipinski definition) is 5. The molecule has 7 heteroatoms. The first kappa shape index (κ1) is 24.8. The van der Waals surface area contributed by atoms with Gasteiger partial charge in [-0.15, -0.1) is 11.3 Å². The van der Waals surface area contributed by atoms with Crippen molar-refractivity contribution < 1.29 is 19.1 Å². The molecule has 184 valence electrons. The number of methoxy groups -OCH3 is 2. The normalized spacial score (nSPS) is 14.4. The van der Waals surface area contributed by atoms with E-state index in [4.69, 9.17) is 9.47 Å². The van der Waals surface area contributed by atoms with Crippen LogP contribution in [0.1, 0.15) is 47.7 Å². The lowest BCUT2D eigenvalue weighted by molar-refractivity contribution is -0.127. The second-order valence-electron chi connectivity index (χ2n) is 8.81. The molecule has 0 saturated heterocycles. The first-order valence-corrected chi connectivity index (χ1v) is 12.8. The van der Waals surface area contributed by atoms with Crippen molar-refractivity contribution in [2.24, 2.45) is 0 Å². The fourth-order valence-corrected chi connectivity index (χ4v) is 5.40. The highest BCUT2D eigenvalue weighted by Crippen LogP contribution is 2.37. The number of amides is 2. The lowest BCUT2D eigenvalue weighted by Crippen LogP contribution is -2.47. The first-order chi connectivity index (χ1) is 17.0. The van der Waals surface area contributed by atoms with Crippen LogP contribution in [-0.2, 0) is 16.0 Å². The van der Waals surface area contributed by atoms with Gasteiger partial charge in [-0.05, 0) is 54.5 Å². The molecular formula is C28H32N2O4S. The number of carbonyl (C=O) groups is 2. The van der Waals surface area contributed by atoms with E-state index >= 15 is 0 Å². The van der Waals surface area contributed by atoms with Crippen LogP contribution in [-0.4, -0.2) is 32.1 Å². The number of nitrogens with zero attached hydrogens (tertiary/aromatic N) is 1. The summed E-state index contributed by atoms with van der Waals surface area (Å²) in [6.07, 6.45) is 4.34. The van der Waals surface area contributed by atoms with E-state index in [2.05, 4.69) is 5.32 Å². The third-order valence-corrected chi connectivity index (χ3v) is 7.39. The molecule has 1 saturated carbocycles. The van der Waals surface area contributed by atoms with Crippen molar-refractivity contribution in [1.82, 2.24) is 5.32 Å². The second kappa shape index (κ2) is 11.4. The summed E-state index contributed by atoms with van der Waals surface area (Å²) in [4.78, 5) is 30.4. The van der Waals surface area contributed by atoms with Gasteiger partial charge in [0.2, 0.25) is 11.8 Å². The minimum Gasteiger partial charge on any atom is -0.493 e. The Morgan fingerprint density at radius 1 is 1.03 bits per heavy atom. The smallest absolute Gasteiger partial charge is 0.248 e. The van der Waals surface area contributed by atoms with Crippen LogP contribution in [0.4, 0.5) is 5.69 Å². The molecule has 1 N–H and O–H groups in total. The molecule has 0 unspecified atom stereocenters. The third kappa shape index (κ3) is 5.68. The van der Waals surface area contributed by atoms with Gasteiger partial charge < -0.3 is 14.8 Å². The Morgan fingerprint density at radius 3 is 2.43 bits per heavy atom. The van der Waals surface area contributed by atoms with Gasteiger partial charge in [0.05, 0.1) is 20.6 Å². The van der Waals surface area contributed by atoms with Crippen molar-refractivity contribution in [1.29, 1.82) is 0 Å². The number of benzene rings is 2. The predicted molar refractivity (Wildman–Crippen MR) is 139 cm³/mol. The summed E-state index contributed by atoms with van der Waals surface area (Å²) in [7, 11) is 3.13. The summed E-state index contributed by atoms with van der Waals surface area (Å²) >= 11 is 1.53. The van der Waals surface area contributed by atoms with Crippen molar-refractivity contribution >= 4 is 28.8 Å². The van der Waals surface area contributed by atoms with Crippen LogP contribution in [0.3, 0.4) is 0 Å². The molecule has 0 bridgehead atoms. The molecule has 1 aliphatic rings. The maximum absolute atomic E-state index is 13.9. The minimum atomic E-state index is -0.817. The zero-order valence-electron chi connectivity index (χ0n) is 20.5. The summed E-state index contributed by atoms with van der Waals surface area (Å²) < 4.78 is 10.9. The van der Waals surface area contributed by atoms with Gasteiger partial charge in [0.1, 0.15) is 6.04 Å². The van der Waals surface area contributed by atoms with Crippen LogP contribution in [0.5, 0.6) is 11.5 Å². The molecule has 4 rings (SSSR count).